The van der Waals surface area contributed by atoms with E-state index in [2.05, 4.69) is 30.9 Å². The molecule has 2 N–H and O–H groups in total. The van der Waals surface area contributed by atoms with E-state index < -0.39 is 0 Å². The molecule has 1 unspecified atom stereocenters. The summed E-state index contributed by atoms with van der Waals surface area (Å²) in [7, 11) is 7.94. The number of ether oxygens (including phenoxy) is 1. The van der Waals surface area contributed by atoms with Crippen LogP contribution in [0, 0.1) is 0 Å². The Morgan fingerprint density at radius 3 is 2.22 bits per heavy atom. The summed E-state index contributed by atoms with van der Waals surface area (Å²) < 4.78 is 5.14. The standard InChI is InChI=1S/C14H25N3O/c1-16(2)9-10-17(3)11-14(15)12-5-7-13(18-4)8-6-12/h5-8,14H,9-11,15H2,1-4H3. The summed E-state index contributed by atoms with van der Waals surface area (Å²) in [4.78, 5) is 4.43. The Labute approximate surface area is 110 Å². The Kier molecular flexibility index (Phi) is 6.12. The number of likely N-dealkylation sites (N-methyl/N-ethyl adjacent to an activating group) is 2. The van der Waals surface area contributed by atoms with Gasteiger partial charge >= 0.3 is 0 Å². The van der Waals surface area contributed by atoms with Gasteiger partial charge in [0.1, 0.15) is 5.75 Å². The molecule has 0 heterocycles. The molecule has 0 amide bonds. The SMILES string of the molecule is COc1ccc(C(N)CN(C)CCN(C)C)cc1. The summed E-state index contributed by atoms with van der Waals surface area (Å²) in [5.41, 5.74) is 7.34. The third kappa shape index (κ3) is 5.04. The molecule has 1 rings (SSSR count). The van der Waals surface area contributed by atoms with Crippen LogP contribution in [-0.2, 0) is 0 Å². The summed E-state index contributed by atoms with van der Waals surface area (Å²) >= 11 is 0. The second-order valence-electron chi connectivity index (χ2n) is 4.95. The maximum Gasteiger partial charge on any atom is 0.118 e. The minimum Gasteiger partial charge on any atom is -0.497 e. The van der Waals surface area contributed by atoms with Gasteiger partial charge in [0.05, 0.1) is 7.11 Å². The fourth-order valence-corrected chi connectivity index (χ4v) is 1.75. The van der Waals surface area contributed by atoms with Crippen molar-refractivity contribution in [1.82, 2.24) is 9.80 Å². The van der Waals surface area contributed by atoms with Crippen LogP contribution in [0.5, 0.6) is 5.75 Å². The Morgan fingerprint density at radius 2 is 1.72 bits per heavy atom. The molecule has 4 nitrogen and oxygen atoms in total. The van der Waals surface area contributed by atoms with Crippen LogP contribution >= 0.6 is 0 Å². The average Bonchev–Trinajstić information content (AvgIpc) is 2.36. The van der Waals surface area contributed by atoms with Gasteiger partial charge < -0.3 is 20.3 Å². The van der Waals surface area contributed by atoms with E-state index in [1.165, 1.54) is 0 Å². The molecule has 0 saturated heterocycles. The second kappa shape index (κ2) is 7.36. The highest BCUT2D eigenvalue weighted by Crippen LogP contribution is 2.16. The largest absolute Gasteiger partial charge is 0.497 e. The number of methoxy groups -OCH3 is 1. The lowest BCUT2D eigenvalue weighted by Crippen LogP contribution is -2.34. The quantitative estimate of drug-likeness (QED) is 0.790. The van der Waals surface area contributed by atoms with Crippen molar-refractivity contribution in [3.63, 3.8) is 0 Å². The first kappa shape index (κ1) is 15.0. The number of hydrogen-bond acceptors (Lipinski definition) is 4. The van der Waals surface area contributed by atoms with Crippen molar-refractivity contribution in [3.8, 4) is 5.75 Å². The van der Waals surface area contributed by atoms with Crippen molar-refractivity contribution in [3.05, 3.63) is 29.8 Å². The van der Waals surface area contributed by atoms with E-state index in [9.17, 15) is 0 Å². The van der Waals surface area contributed by atoms with E-state index in [0.29, 0.717) is 0 Å². The van der Waals surface area contributed by atoms with Crippen molar-refractivity contribution < 1.29 is 4.74 Å². The van der Waals surface area contributed by atoms with Crippen molar-refractivity contribution in [2.24, 2.45) is 5.73 Å². The van der Waals surface area contributed by atoms with Gasteiger partial charge in [0.15, 0.2) is 0 Å². The highest BCUT2D eigenvalue weighted by molar-refractivity contribution is 5.29. The molecule has 0 aromatic heterocycles. The van der Waals surface area contributed by atoms with Crippen LogP contribution in [0.25, 0.3) is 0 Å². The smallest absolute Gasteiger partial charge is 0.118 e. The molecule has 0 aliphatic rings. The van der Waals surface area contributed by atoms with Crippen LogP contribution in [0.1, 0.15) is 11.6 Å². The Morgan fingerprint density at radius 1 is 1.11 bits per heavy atom. The summed E-state index contributed by atoms with van der Waals surface area (Å²) in [5, 5.41) is 0. The molecule has 0 bridgehead atoms. The third-order valence-electron chi connectivity index (χ3n) is 2.98. The predicted octanol–water partition coefficient (Wildman–Crippen LogP) is 1.19. The first-order valence-electron chi connectivity index (χ1n) is 6.25. The van der Waals surface area contributed by atoms with Crippen LogP contribution in [-0.4, -0.2) is 57.7 Å². The van der Waals surface area contributed by atoms with E-state index in [1.54, 1.807) is 7.11 Å². The van der Waals surface area contributed by atoms with Gasteiger partial charge in [0, 0.05) is 25.7 Å². The van der Waals surface area contributed by atoms with Gasteiger partial charge in [0.25, 0.3) is 0 Å². The van der Waals surface area contributed by atoms with Crippen molar-refractivity contribution in [2.45, 2.75) is 6.04 Å². The Hall–Kier alpha value is -1.10. The first-order chi connectivity index (χ1) is 8.52. The van der Waals surface area contributed by atoms with Crippen LogP contribution in [0.15, 0.2) is 24.3 Å². The van der Waals surface area contributed by atoms with Gasteiger partial charge in [-0.05, 0) is 38.8 Å². The molecule has 1 aromatic carbocycles. The molecule has 0 aliphatic heterocycles. The zero-order chi connectivity index (χ0) is 13.5. The summed E-state index contributed by atoms with van der Waals surface area (Å²) in [6, 6.07) is 8.01. The van der Waals surface area contributed by atoms with Gasteiger partial charge in [-0.3, -0.25) is 0 Å². The minimum absolute atomic E-state index is 0.0445. The van der Waals surface area contributed by atoms with Crippen LogP contribution in [0.3, 0.4) is 0 Å². The summed E-state index contributed by atoms with van der Waals surface area (Å²) in [6.07, 6.45) is 0. The first-order valence-corrected chi connectivity index (χ1v) is 6.25. The topological polar surface area (TPSA) is 41.7 Å². The predicted molar refractivity (Wildman–Crippen MR) is 76.0 cm³/mol. The number of hydrogen-bond donors (Lipinski definition) is 1. The highest BCUT2D eigenvalue weighted by Gasteiger charge is 2.09. The molecule has 4 heteroatoms. The third-order valence-corrected chi connectivity index (χ3v) is 2.98. The zero-order valence-electron chi connectivity index (χ0n) is 11.9. The molecular weight excluding hydrogens is 226 g/mol. The van der Waals surface area contributed by atoms with E-state index in [-0.39, 0.29) is 6.04 Å². The highest BCUT2D eigenvalue weighted by atomic mass is 16.5. The van der Waals surface area contributed by atoms with E-state index in [1.807, 2.05) is 24.3 Å². The van der Waals surface area contributed by atoms with Gasteiger partial charge in [0.2, 0.25) is 0 Å². The van der Waals surface area contributed by atoms with E-state index in [0.717, 1.165) is 30.9 Å². The lowest BCUT2D eigenvalue weighted by atomic mass is 10.1. The van der Waals surface area contributed by atoms with E-state index in [4.69, 9.17) is 10.5 Å². The van der Waals surface area contributed by atoms with Gasteiger partial charge in [-0.25, -0.2) is 0 Å². The fourth-order valence-electron chi connectivity index (χ4n) is 1.75. The number of rotatable bonds is 7. The molecule has 18 heavy (non-hydrogen) atoms. The van der Waals surface area contributed by atoms with E-state index >= 15 is 0 Å². The summed E-state index contributed by atoms with van der Waals surface area (Å²) in [5.74, 6) is 0.868. The Bertz CT molecular complexity index is 337. The molecule has 1 aromatic rings. The fraction of sp³-hybridized carbons (Fsp3) is 0.571. The summed E-state index contributed by atoms with van der Waals surface area (Å²) in [6.45, 7) is 2.93. The van der Waals surface area contributed by atoms with Crippen molar-refractivity contribution in [2.75, 3.05) is 47.9 Å². The minimum atomic E-state index is 0.0445. The molecule has 1 atom stereocenters. The monoisotopic (exact) mass is 251 g/mol. The molecule has 0 aliphatic carbocycles. The lowest BCUT2D eigenvalue weighted by Gasteiger charge is -2.23. The van der Waals surface area contributed by atoms with Gasteiger partial charge in [-0.1, -0.05) is 12.1 Å². The number of benzene rings is 1. The molecule has 0 radical (unpaired) electrons. The Balaban J connectivity index is 2.45. The molecule has 0 fully saturated rings. The second-order valence-corrected chi connectivity index (χ2v) is 4.95. The molecule has 102 valence electrons. The number of nitrogens with two attached hydrogens (primary N) is 1. The molecule has 0 saturated carbocycles. The number of nitrogens with zero attached hydrogens (tertiary/aromatic N) is 2. The zero-order valence-corrected chi connectivity index (χ0v) is 11.9. The van der Waals surface area contributed by atoms with Gasteiger partial charge in [-0.15, -0.1) is 0 Å². The maximum absolute atomic E-state index is 6.20. The van der Waals surface area contributed by atoms with Crippen molar-refractivity contribution >= 4 is 0 Å². The lowest BCUT2D eigenvalue weighted by molar-refractivity contribution is 0.269. The average molecular weight is 251 g/mol. The van der Waals surface area contributed by atoms with Crippen LogP contribution < -0.4 is 10.5 Å². The van der Waals surface area contributed by atoms with Gasteiger partial charge in [-0.2, -0.15) is 0 Å². The van der Waals surface area contributed by atoms with Crippen molar-refractivity contribution in [1.29, 1.82) is 0 Å². The normalized spacial score (nSPS) is 13.1. The maximum atomic E-state index is 6.20. The van der Waals surface area contributed by atoms with Crippen LogP contribution in [0.4, 0.5) is 0 Å². The molecule has 0 spiro atoms. The van der Waals surface area contributed by atoms with Crippen LogP contribution in [0.2, 0.25) is 0 Å². The molecular formula is C14H25N3O.